The summed E-state index contributed by atoms with van der Waals surface area (Å²) in [5, 5.41) is 14.6. The van der Waals surface area contributed by atoms with E-state index >= 15 is 0 Å². The number of amides is 1. The van der Waals surface area contributed by atoms with E-state index in [1.807, 2.05) is 0 Å². The van der Waals surface area contributed by atoms with Gasteiger partial charge in [-0.15, -0.1) is 5.10 Å². The van der Waals surface area contributed by atoms with Crippen molar-refractivity contribution >= 4 is 11.8 Å². The molecular formula is C18H16FN3O4. The Kier molecular flexibility index (Phi) is 5.14. The van der Waals surface area contributed by atoms with Crippen LogP contribution in [0.5, 0.6) is 5.88 Å². The van der Waals surface area contributed by atoms with E-state index in [2.05, 4.69) is 9.84 Å². The Balaban J connectivity index is 1.72. The zero-order valence-electron chi connectivity index (χ0n) is 13.9. The van der Waals surface area contributed by atoms with E-state index in [0.29, 0.717) is 22.2 Å². The quantitative estimate of drug-likeness (QED) is 0.558. The second kappa shape index (κ2) is 7.66. The number of hydrogen-bond acceptors (Lipinski definition) is 5. The van der Waals surface area contributed by atoms with Gasteiger partial charge in [-0.25, -0.2) is 13.9 Å². The number of aromatic nitrogens is 2. The number of nitrogens with zero attached hydrogens (tertiary/aromatic N) is 3. The highest BCUT2D eigenvalue weighted by Crippen LogP contribution is 2.22. The Labute approximate surface area is 148 Å². The van der Waals surface area contributed by atoms with Crippen LogP contribution in [-0.2, 0) is 11.3 Å². The number of carbonyl (C=O) groups is 1. The van der Waals surface area contributed by atoms with Crippen LogP contribution in [0.25, 0.3) is 5.69 Å². The highest BCUT2D eigenvalue weighted by Gasteiger charge is 2.17. The molecule has 0 spiro atoms. The lowest BCUT2D eigenvalue weighted by Crippen LogP contribution is -2.27. The molecule has 1 amide bonds. The van der Waals surface area contributed by atoms with Crippen LogP contribution in [0.4, 0.5) is 14.9 Å². The number of benzene rings is 2. The zero-order chi connectivity index (χ0) is 18.5. The third kappa shape index (κ3) is 3.81. The Bertz CT molecular complexity index is 895. The molecule has 0 unspecified atom stereocenters. The van der Waals surface area contributed by atoms with Crippen LogP contribution in [0, 0.1) is 5.82 Å². The van der Waals surface area contributed by atoms with Crippen molar-refractivity contribution in [2.24, 2.45) is 0 Å². The summed E-state index contributed by atoms with van der Waals surface area (Å²) in [7, 11) is 1.17. The minimum absolute atomic E-state index is 0.0741. The minimum Gasteiger partial charge on any atom is -0.472 e. The van der Waals surface area contributed by atoms with Crippen LogP contribution in [0.15, 0.2) is 60.8 Å². The van der Waals surface area contributed by atoms with Gasteiger partial charge in [0.05, 0.1) is 18.5 Å². The average Bonchev–Trinajstić information content (AvgIpc) is 3.15. The van der Waals surface area contributed by atoms with Crippen LogP contribution in [0.3, 0.4) is 0 Å². The summed E-state index contributed by atoms with van der Waals surface area (Å²) < 4.78 is 24.7. The number of ether oxygens (including phenoxy) is 2. The first-order valence-corrected chi connectivity index (χ1v) is 7.68. The molecule has 0 saturated heterocycles. The van der Waals surface area contributed by atoms with Gasteiger partial charge < -0.3 is 9.47 Å². The fraction of sp³-hybridized carbons (Fsp3) is 0.111. The fourth-order valence-corrected chi connectivity index (χ4v) is 2.30. The number of carbonyl (C=O) groups excluding carboxylic acids is 1. The number of halogens is 1. The topological polar surface area (TPSA) is 76.8 Å². The van der Waals surface area contributed by atoms with E-state index in [-0.39, 0.29) is 18.1 Å². The number of anilines is 1. The lowest BCUT2D eigenvalue weighted by molar-refractivity contribution is 0.140. The third-order valence-corrected chi connectivity index (χ3v) is 3.60. The van der Waals surface area contributed by atoms with Gasteiger partial charge in [0.1, 0.15) is 12.4 Å². The highest BCUT2D eigenvalue weighted by atomic mass is 19.1. The Hall–Kier alpha value is -3.39. The molecule has 3 rings (SSSR count). The molecule has 0 aliphatic carbocycles. The zero-order valence-corrected chi connectivity index (χ0v) is 13.9. The van der Waals surface area contributed by atoms with Crippen LogP contribution in [-0.4, -0.2) is 28.2 Å². The van der Waals surface area contributed by atoms with E-state index in [0.717, 1.165) is 0 Å². The van der Waals surface area contributed by atoms with Crippen molar-refractivity contribution in [2.45, 2.75) is 6.61 Å². The molecule has 0 saturated carbocycles. The van der Waals surface area contributed by atoms with Gasteiger partial charge in [-0.2, -0.15) is 5.06 Å². The lowest BCUT2D eigenvalue weighted by Gasteiger charge is -2.16. The molecule has 0 aliphatic rings. The lowest BCUT2D eigenvalue weighted by atomic mass is 10.2. The molecule has 1 aromatic heterocycles. The Morgan fingerprint density at radius 3 is 2.65 bits per heavy atom. The van der Waals surface area contributed by atoms with E-state index in [4.69, 9.17) is 4.74 Å². The van der Waals surface area contributed by atoms with Crippen molar-refractivity contribution in [3.8, 4) is 11.6 Å². The molecule has 134 valence electrons. The van der Waals surface area contributed by atoms with Crippen molar-refractivity contribution in [1.29, 1.82) is 0 Å². The maximum atomic E-state index is 13.0. The summed E-state index contributed by atoms with van der Waals surface area (Å²) in [6.45, 7) is 0.0741. The maximum Gasteiger partial charge on any atom is 0.438 e. The van der Waals surface area contributed by atoms with Crippen molar-refractivity contribution < 1.29 is 23.9 Å². The largest absolute Gasteiger partial charge is 0.472 e. The number of rotatable bonds is 5. The summed E-state index contributed by atoms with van der Waals surface area (Å²) in [6, 6.07) is 14.2. The second-order valence-corrected chi connectivity index (χ2v) is 5.27. The number of hydrogen-bond donors (Lipinski definition) is 1. The minimum atomic E-state index is -0.905. The molecule has 0 radical (unpaired) electrons. The first-order valence-electron chi connectivity index (χ1n) is 7.68. The predicted octanol–water partition coefficient (Wildman–Crippen LogP) is 3.55. The summed E-state index contributed by atoms with van der Waals surface area (Å²) in [4.78, 5) is 11.5. The van der Waals surface area contributed by atoms with E-state index in [1.54, 1.807) is 53.3 Å². The van der Waals surface area contributed by atoms with Crippen molar-refractivity contribution in [3.63, 3.8) is 0 Å². The van der Waals surface area contributed by atoms with Crippen LogP contribution in [0.2, 0.25) is 0 Å². The maximum absolute atomic E-state index is 13.0. The molecule has 1 heterocycles. The summed E-state index contributed by atoms with van der Waals surface area (Å²) in [6.07, 6.45) is 0.777. The van der Waals surface area contributed by atoms with E-state index in [9.17, 15) is 14.4 Å². The van der Waals surface area contributed by atoms with Gasteiger partial charge in [0.15, 0.2) is 0 Å². The molecule has 7 nitrogen and oxygen atoms in total. The molecular weight excluding hydrogens is 341 g/mol. The number of para-hydroxylation sites is 1. The van der Waals surface area contributed by atoms with Crippen molar-refractivity contribution in [2.75, 3.05) is 12.2 Å². The van der Waals surface area contributed by atoms with Gasteiger partial charge in [-0.3, -0.25) is 5.21 Å². The van der Waals surface area contributed by atoms with Gasteiger partial charge in [-0.1, -0.05) is 18.2 Å². The smallest absolute Gasteiger partial charge is 0.438 e. The summed E-state index contributed by atoms with van der Waals surface area (Å²) in [5.41, 5.74) is 1.50. The van der Waals surface area contributed by atoms with E-state index in [1.165, 1.54) is 19.2 Å². The highest BCUT2D eigenvalue weighted by molar-refractivity contribution is 5.85. The van der Waals surface area contributed by atoms with Gasteiger partial charge in [-0.05, 0) is 30.3 Å². The van der Waals surface area contributed by atoms with Gasteiger partial charge >= 0.3 is 6.09 Å². The standard InChI is InChI=1S/C18H16FN3O4/c1-25-18(23)22(24)16-5-3-2-4-13(16)12-26-17-10-11-21(20-17)15-8-6-14(19)7-9-15/h2-11,24H,12H2,1H3. The average molecular weight is 357 g/mol. The monoisotopic (exact) mass is 357 g/mol. The normalized spacial score (nSPS) is 10.4. The Morgan fingerprint density at radius 2 is 1.92 bits per heavy atom. The molecule has 1 N–H and O–H groups in total. The number of methoxy groups -OCH3 is 1. The van der Waals surface area contributed by atoms with Gasteiger partial charge in [0, 0.05) is 17.8 Å². The first kappa shape index (κ1) is 17.4. The molecule has 0 fully saturated rings. The van der Waals surface area contributed by atoms with Crippen LogP contribution in [0.1, 0.15) is 5.56 Å². The van der Waals surface area contributed by atoms with Crippen molar-refractivity contribution in [1.82, 2.24) is 9.78 Å². The first-order chi connectivity index (χ1) is 12.6. The molecule has 0 atom stereocenters. The third-order valence-electron chi connectivity index (χ3n) is 3.60. The predicted molar refractivity (Wildman–Crippen MR) is 91.0 cm³/mol. The number of hydroxylamine groups is 1. The second-order valence-electron chi connectivity index (χ2n) is 5.27. The molecule has 26 heavy (non-hydrogen) atoms. The fourth-order valence-electron chi connectivity index (χ4n) is 2.30. The SMILES string of the molecule is COC(=O)N(O)c1ccccc1COc1ccn(-c2ccc(F)cc2)n1. The van der Waals surface area contributed by atoms with Crippen molar-refractivity contribution in [3.05, 3.63) is 72.2 Å². The summed E-state index contributed by atoms with van der Waals surface area (Å²) in [5.74, 6) is 0.0137. The van der Waals surface area contributed by atoms with E-state index < -0.39 is 6.09 Å². The molecule has 2 aromatic carbocycles. The molecule has 3 aromatic rings. The molecule has 0 bridgehead atoms. The van der Waals surface area contributed by atoms with Gasteiger partial charge in [0.2, 0.25) is 5.88 Å². The Morgan fingerprint density at radius 1 is 1.19 bits per heavy atom. The van der Waals surface area contributed by atoms with Crippen LogP contribution >= 0.6 is 0 Å². The summed E-state index contributed by atoms with van der Waals surface area (Å²) >= 11 is 0. The molecule has 0 aliphatic heterocycles. The van der Waals surface area contributed by atoms with Gasteiger partial charge in [0.25, 0.3) is 0 Å². The van der Waals surface area contributed by atoms with Crippen LogP contribution < -0.4 is 9.80 Å². The molecule has 8 heteroatoms.